The molecule has 2 atom stereocenters. The van der Waals surface area contributed by atoms with Gasteiger partial charge in [0.05, 0.1) is 17.4 Å². The fraction of sp³-hybridized carbons (Fsp3) is 0.520. The summed E-state index contributed by atoms with van der Waals surface area (Å²) >= 11 is 0. The van der Waals surface area contributed by atoms with Crippen molar-refractivity contribution in [3.05, 3.63) is 65.0 Å². The third kappa shape index (κ3) is 4.00. The van der Waals surface area contributed by atoms with Crippen molar-refractivity contribution in [3.8, 4) is 0 Å². The number of pyridine rings is 1. The molecule has 2 heterocycles. The predicted molar refractivity (Wildman–Crippen MR) is 116 cm³/mol. The first-order valence-electron chi connectivity index (χ1n) is 10.3. The molecule has 1 aromatic carbocycles. The maximum Gasteiger partial charge on any atom is 0.0846 e. The van der Waals surface area contributed by atoms with E-state index in [1.165, 1.54) is 22.4 Å². The normalized spacial score (nSPS) is 20.4. The summed E-state index contributed by atoms with van der Waals surface area (Å²) in [6, 6.07) is 13.3. The molecule has 144 valence electrons. The lowest BCUT2D eigenvalue weighted by Gasteiger charge is -2.28. The van der Waals surface area contributed by atoms with Gasteiger partial charge in [-0.1, -0.05) is 72.7 Å². The molecule has 3 rings (SSSR count). The monoisotopic (exact) mass is 362 g/mol. The first kappa shape index (κ1) is 19.8. The molecule has 27 heavy (non-hydrogen) atoms. The van der Waals surface area contributed by atoms with E-state index >= 15 is 0 Å². The second kappa shape index (κ2) is 7.58. The van der Waals surface area contributed by atoms with Crippen LogP contribution in [0.3, 0.4) is 0 Å². The average molecular weight is 363 g/mol. The molecule has 0 aliphatic carbocycles. The molecule has 1 aromatic heterocycles. The SMILES string of the molecule is CC(C)c1cccc(C(C)C)c1[C@H]1C[C@H](C(C)(C)C)N=C1c1ccccn1. The fourth-order valence-electron chi connectivity index (χ4n) is 4.22. The summed E-state index contributed by atoms with van der Waals surface area (Å²) in [5.74, 6) is 1.31. The molecule has 0 amide bonds. The summed E-state index contributed by atoms with van der Waals surface area (Å²) in [7, 11) is 0. The van der Waals surface area contributed by atoms with Crippen molar-refractivity contribution in [2.24, 2.45) is 10.4 Å². The Labute approximate surface area is 165 Å². The van der Waals surface area contributed by atoms with Crippen LogP contribution in [0.2, 0.25) is 0 Å². The lowest BCUT2D eigenvalue weighted by Crippen LogP contribution is -2.23. The summed E-state index contributed by atoms with van der Waals surface area (Å²) in [6.45, 7) is 16.1. The van der Waals surface area contributed by atoms with Crippen LogP contribution in [0.15, 0.2) is 47.6 Å². The maximum atomic E-state index is 5.24. The minimum atomic E-state index is 0.152. The zero-order valence-corrected chi connectivity index (χ0v) is 18.0. The highest BCUT2D eigenvalue weighted by Crippen LogP contribution is 2.44. The Morgan fingerprint density at radius 3 is 2.00 bits per heavy atom. The van der Waals surface area contributed by atoms with Gasteiger partial charge in [-0.2, -0.15) is 0 Å². The van der Waals surface area contributed by atoms with Gasteiger partial charge in [-0.3, -0.25) is 9.98 Å². The Morgan fingerprint density at radius 2 is 1.52 bits per heavy atom. The number of benzene rings is 1. The Bertz CT molecular complexity index is 784. The van der Waals surface area contributed by atoms with Crippen LogP contribution in [0.4, 0.5) is 0 Å². The van der Waals surface area contributed by atoms with E-state index in [4.69, 9.17) is 4.99 Å². The summed E-state index contributed by atoms with van der Waals surface area (Å²) in [4.78, 5) is 9.91. The molecule has 2 heteroatoms. The van der Waals surface area contributed by atoms with E-state index in [0.29, 0.717) is 23.8 Å². The van der Waals surface area contributed by atoms with Crippen molar-refractivity contribution in [2.75, 3.05) is 0 Å². The van der Waals surface area contributed by atoms with Crippen LogP contribution < -0.4 is 0 Å². The van der Waals surface area contributed by atoms with Crippen molar-refractivity contribution in [1.82, 2.24) is 4.98 Å². The van der Waals surface area contributed by atoms with E-state index in [0.717, 1.165) is 12.1 Å². The summed E-state index contributed by atoms with van der Waals surface area (Å²) in [5, 5.41) is 0. The molecule has 0 saturated carbocycles. The van der Waals surface area contributed by atoms with Crippen molar-refractivity contribution < 1.29 is 0 Å². The topological polar surface area (TPSA) is 25.2 Å². The highest BCUT2D eigenvalue weighted by molar-refractivity contribution is 6.05. The van der Waals surface area contributed by atoms with E-state index in [9.17, 15) is 0 Å². The number of hydrogen-bond donors (Lipinski definition) is 0. The Kier molecular flexibility index (Phi) is 5.55. The molecule has 0 saturated heterocycles. The largest absolute Gasteiger partial charge is 0.283 e. The molecular formula is C25H34N2. The van der Waals surface area contributed by atoms with E-state index in [-0.39, 0.29) is 5.41 Å². The summed E-state index contributed by atoms with van der Waals surface area (Å²) < 4.78 is 0. The van der Waals surface area contributed by atoms with E-state index in [1.807, 2.05) is 12.3 Å². The highest BCUT2D eigenvalue weighted by Gasteiger charge is 2.39. The zero-order valence-electron chi connectivity index (χ0n) is 18.0. The summed E-state index contributed by atoms with van der Waals surface area (Å²) in [5.41, 5.74) is 6.78. The Morgan fingerprint density at radius 1 is 0.889 bits per heavy atom. The van der Waals surface area contributed by atoms with Crippen LogP contribution in [-0.4, -0.2) is 16.7 Å². The van der Waals surface area contributed by atoms with Gasteiger partial charge in [0.2, 0.25) is 0 Å². The van der Waals surface area contributed by atoms with Gasteiger partial charge in [0.15, 0.2) is 0 Å². The standard InChI is InChI=1S/C25H34N2/c1-16(2)18-11-10-12-19(17(3)4)23(18)20-15-22(25(5,6)7)27-24(20)21-13-8-9-14-26-21/h8-14,16-17,20,22H,15H2,1-7H3/t20-,22-/m1/s1. The molecule has 0 fully saturated rings. The van der Waals surface area contributed by atoms with Crippen LogP contribution in [0, 0.1) is 5.41 Å². The van der Waals surface area contributed by atoms with Gasteiger partial charge in [0.1, 0.15) is 0 Å². The fourth-order valence-corrected chi connectivity index (χ4v) is 4.22. The van der Waals surface area contributed by atoms with Crippen LogP contribution in [0.25, 0.3) is 0 Å². The first-order chi connectivity index (χ1) is 12.7. The van der Waals surface area contributed by atoms with Crippen LogP contribution >= 0.6 is 0 Å². The zero-order chi connectivity index (χ0) is 19.8. The number of rotatable bonds is 4. The van der Waals surface area contributed by atoms with Crippen molar-refractivity contribution in [3.63, 3.8) is 0 Å². The van der Waals surface area contributed by atoms with E-state index < -0.39 is 0 Å². The van der Waals surface area contributed by atoms with Gasteiger partial charge in [0.25, 0.3) is 0 Å². The van der Waals surface area contributed by atoms with E-state index in [1.54, 1.807) is 0 Å². The summed E-state index contributed by atoms with van der Waals surface area (Å²) in [6.07, 6.45) is 2.95. The molecule has 0 spiro atoms. The van der Waals surface area contributed by atoms with Crippen molar-refractivity contribution >= 4 is 5.71 Å². The molecule has 2 nitrogen and oxygen atoms in total. The number of aromatic nitrogens is 1. The number of nitrogens with zero attached hydrogens (tertiary/aromatic N) is 2. The van der Waals surface area contributed by atoms with Crippen molar-refractivity contribution in [2.45, 2.75) is 78.7 Å². The minimum absolute atomic E-state index is 0.152. The molecule has 0 bridgehead atoms. The lowest BCUT2D eigenvalue weighted by atomic mass is 9.76. The van der Waals surface area contributed by atoms with Crippen LogP contribution in [0.1, 0.15) is 95.0 Å². The molecule has 1 aliphatic heterocycles. The second-order valence-electron chi connectivity index (χ2n) is 9.56. The van der Waals surface area contributed by atoms with Gasteiger partial charge < -0.3 is 0 Å². The molecule has 2 aromatic rings. The van der Waals surface area contributed by atoms with Crippen molar-refractivity contribution in [1.29, 1.82) is 0 Å². The Hall–Kier alpha value is -1.96. The molecule has 0 N–H and O–H groups in total. The quantitative estimate of drug-likeness (QED) is 0.592. The number of hydrogen-bond acceptors (Lipinski definition) is 2. The van der Waals surface area contributed by atoms with Gasteiger partial charge in [-0.15, -0.1) is 0 Å². The lowest BCUT2D eigenvalue weighted by molar-refractivity contribution is 0.316. The minimum Gasteiger partial charge on any atom is -0.283 e. The third-order valence-electron chi connectivity index (χ3n) is 5.78. The van der Waals surface area contributed by atoms with Gasteiger partial charge in [-0.25, -0.2) is 0 Å². The molecule has 0 radical (unpaired) electrons. The average Bonchev–Trinajstić information content (AvgIpc) is 3.07. The molecular weight excluding hydrogens is 328 g/mol. The third-order valence-corrected chi connectivity index (χ3v) is 5.78. The smallest absolute Gasteiger partial charge is 0.0846 e. The first-order valence-corrected chi connectivity index (χ1v) is 10.3. The predicted octanol–water partition coefficient (Wildman–Crippen LogP) is 6.72. The van der Waals surface area contributed by atoms with Gasteiger partial charge in [-0.05, 0) is 52.5 Å². The highest BCUT2D eigenvalue weighted by atomic mass is 14.9. The maximum absolute atomic E-state index is 5.24. The van der Waals surface area contributed by atoms with Gasteiger partial charge in [0, 0.05) is 12.1 Å². The van der Waals surface area contributed by atoms with E-state index in [2.05, 4.69) is 83.8 Å². The van der Waals surface area contributed by atoms with Crippen LogP contribution in [-0.2, 0) is 0 Å². The molecule has 0 unspecified atom stereocenters. The number of aliphatic imine (C=N–C) groups is 1. The Balaban J connectivity index is 2.19. The van der Waals surface area contributed by atoms with Crippen LogP contribution in [0.5, 0.6) is 0 Å². The molecule has 1 aliphatic rings. The second-order valence-corrected chi connectivity index (χ2v) is 9.56. The van der Waals surface area contributed by atoms with Gasteiger partial charge >= 0.3 is 0 Å².